The average molecular weight is 613 g/mol. The lowest BCUT2D eigenvalue weighted by atomic mass is 9.99. The van der Waals surface area contributed by atoms with Gasteiger partial charge in [0.15, 0.2) is 0 Å². The summed E-state index contributed by atoms with van der Waals surface area (Å²) < 4.78 is 2.39. The van der Waals surface area contributed by atoms with Gasteiger partial charge >= 0.3 is 0 Å². The molecule has 8 aromatic carbocycles. The largest absolute Gasteiger partial charge is 0.309 e. The van der Waals surface area contributed by atoms with Crippen molar-refractivity contribution >= 4 is 49.6 Å². The minimum absolute atomic E-state index is 1.10. The molecule has 0 saturated carbocycles. The molecule has 48 heavy (non-hydrogen) atoms. The fourth-order valence-corrected chi connectivity index (χ4v) is 7.15. The lowest BCUT2D eigenvalue weighted by Gasteiger charge is -2.29. The van der Waals surface area contributed by atoms with E-state index < -0.39 is 0 Å². The normalized spacial score (nSPS) is 11.3. The van der Waals surface area contributed by atoms with Crippen molar-refractivity contribution in [1.29, 1.82) is 0 Å². The highest BCUT2D eigenvalue weighted by Crippen LogP contribution is 2.46. The second-order valence-corrected chi connectivity index (χ2v) is 12.2. The molecule has 0 spiro atoms. The molecule has 0 aliphatic carbocycles. The second kappa shape index (κ2) is 11.8. The van der Waals surface area contributed by atoms with Crippen molar-refractivity contribution in [3.05, 3.63) is 194 Å². The first kappa shape index (κ1) is 27.9. The van der Waals surface area contributed by atoms with Crippen molar-refractivity contribution in [3.63, 3.8) is 0 Å². The van der Waals surface area contributed by atoms with E-state index in [-0.39, 0.29) is 0 Å². The van der Waals surface area contributed by atoms with E-state index in [2.05, 4.69) is 204 Å². The lowest BCUT2D eigenvalue weighted by Crippen LogP contribution is -2.11. The average Bonchev–Trinajstić information content (AvgIpc) is 3.51. The number of hydrogen-bond acceptors (Lipinski definition) is 1. The van der Waals surface area contributed by atoms with Crippen molar-refractivity contribution in [1.82, 2.24) is 4.57 Å². The molecule has 226 valence electrons. The van der Waals surface area contributed by atoms with E-state index in [0.29, 0.717) is 0 Å². The van der Waals surface area contributed by atoms with Crippen LogP contribution in [0.1, 0.15) is 0 Å². The number of hydrogen-bond donors (Lipinski definition) is 0. The number of rotatable bonds is 6. The van der Waals surface area contributed by atoms with E-state index in [0.717, 1.165) is 22.7 Å². The van der Waals surface area contributed by atoms with Crippen LogP contribution in [0.15, 0.2) is 194 Å². The summed E-state index contributed by atoms with van der Waals surface area (Å²) in [6.07, 6.45) is 0. The Balaban J connectivity index is 1.29. The molecule has 0 atom stereocenters. The number of anilines is 3. The molecule has 0 N–H and O–H groups in total. The maximum absolute atomic E-state index is 2.44. The van der Waals surface area contributed by atoms with Gasteiger partial charge in [0, 0.05) is 27.7 Å². The summed E-state index contributed by atoms with van der Waals surface area (Å²) in [5, 5.41) is 4.95. The van der Waals surface area contributed by atoms with Gasteiger partial charge in [-0.05, 0) is 82.1 Å². The summed E-state index contributed by atoms with van der Waals surface area (Å²) >= 11 is 0. The van der Waals surface area contributed by atoms with Gasteiger partial charge in [-0.3, -0.25) is 0 Å². The minimum Gasteiger partial charge on any atom is -0.309 e. The van der Waals surface area contributed by atoms with Gasteiger partial charge in [0.25, 0.3) is 0 Å². The van der Waals surface area contributed by atoms with E-state index in [1.807, 2.05) is 0 Å². The van der Waals surface area contributed by atoms with Gasteiger partial charge in [-0.1, -0.05) is 140 Å². The Hall–Kier alpha value is -6.38. The number of aromatic nitrogens is 1. The molecule has 1 heterocycles. The molecule has 9 rings (SSSR count). The van der Waals surface area contributed by atoms with Gasteiger partial charge < -0.3 is 9.47 Å². The quantitative estimate of drug-likeness (QED) is 0.181. The Morgan fingerprint density at radius 2 is 1.00 bits per heavy atom. The van der Waals surface area contributed by atoms with Gasteiger partial charge in [-0.15, -0.1) is 0 Å². The van der Waals surface area contributed by atoms with E-state index in [1.54, 1.807) is 0 Å². The zero-order chi connectivity index (χ0) is 31.9. The highest BCUT2D eigenvalue weighted by molar-refractivity contribution is 6.17. The Kier molecular flexibility index (Phi) is 6.84. The zero-order valence-corrected chi connectivity index (χ0v) is 26.4. The number of nitrogens with zero attached hydrogens (tertiary/aromatic N) is 2. The smallest absolute Gasteiger partial charge is 0.0562 e. The van der Waals surface area contributed by atoms with Crippen LogP contribution in [0.4, 0.5) is 17.1 Å². The van der Waals surface area contributed by atoms with Crippen molar-refractivity contribution in [2.45, 2.75) is 0 Å². The molecule has 0 fully saturated rings. The standard InChI is InChI=1S/C46H32N2/c1-3-15-35(16-4-1)40-20-9-11-22-42(40)48(39-30-28-34(29-31-39)37-27-26-33-14-7-8-17-36(33)32-37)45-25-13-24-44-46(45)41-21-10-12-23-43(41)47(44)38-18-5-2-6-19-38/h1-32H. The Bertz CT molecular complexity index is 2550. The maximum atomic E-state index is 2.44. The predicted octanol–water partition coefficient (Wildman–Crippen LogP) is 12.7. The van der Waals surface area contributed by atoms with Gasteiger partial charge in [0.1, 0.15) is 0 Å². The Morgan fingerprint density at radius 3 is 1.83 bits per heavy atom. The van der Waals surface area contributed by atoms with Crippen molar-refractivity contribution < 1.29 is 0 Å². The SMILES string of the molecule is c1ccc(-c2ccccc2N(c2ccc(-c3ccc4ccccc4c3)cc2)c2cccc3c2c2ccccc2n3-c2ccccc2)cc1. The van der Waals surface area contributed by atoms with Crippen LogP contribution in [-0.4, -0.2) is 4.57 Å². The van der Waals surface area contributed by atoms with Crippen molar-refractivity contribution in [2.24, 2.45) is 0 Å². The predicted molar refractivity (Wildman–Crippen MR) is 204 cm³/mol. The summed E-state index contributed by atoms with van der Waals surface area (Å²) in [5.41, 5.74) is 11.7. The summed E-state index contributed by atoms with van der Waals surface area (Å²) in [7, 11) is 0. The van der Waals surface area contributed by atoms with Crippen LogP contribution in [0.3, 0.4) is 0 Å². The topological polar surface area (TPSA) is 8.17 Å². The van der Waals surface area contributed by atoms with Crippen LogP contribution in [0.2, 0.25) is 0 Å². The first-order valence-corrected chi connectivity index (χ1v) is 16.4. The molecule has 9 aromatic rings. The van der Waals surface area contributed by atoms with Crippen LogP contribution >= 0.6 is 0 Å². The van der Waals surface area contributed by atoms with Crippen LogP contribution in [0.5, 0.6) is 0 Å². The van der Waals surface area contributed by atoms with Crippen molar-refractivity contribution in [3.8, 4) is 27.9 Å². The summed E-state index contributed by atoms with van der Waals surface area (Å²) in [6.45, 7) is 0. The molecule has 2 heteroatoms. The fraction of sp³-hybridized carbons (Fsp3) is 0. The van der Waals surface area contributed by atoms with Gasteiger partial charge in [-0.25, -0.2) is 0 Å². The van der Waals surface area contributed by atoms with E-state index in [4.69, 9.17) is 0 Å². The van der Waals surface area contributed by atoms with Gasteiger partial charge in [0.2, 0.25) is 0 Å². The monoisotopic (exact) mass is 612 g/mol. The summed E-state index contributed by atoms with van der Waals surface area (Å²) in [5.74, 6) is 0. The third kappa shape index (κ3) is 4.74. The molecule has 0 amide bonds. The number of fused-ring (bicyclic) bond motifs is 4. The van der Waals surface area contributed by atoms with Gasteiger partial charge in [0.05, 0.1) is 22.4 Å². The van der Waals surface area contributed by atoms with Crippen LogP contribution < -0.4 is 4.90 Å². The highest BCUT2D eigenvalue weighted by atomic mass is 15.1. The van der Waals surface area contributed by atoms with E-state index >= 15 is 0 Å². The molecule has 2 nitrogen and oxygen atoms in total. The van der Waals surface area contributed by atoms with E-state index in [9.17, 15) is 0 Å². The van der Waals surface area contributed by atoms with Crippen LogP contribution in [0, 0.1) is 0 Å². The van der Waals surface area contributed by atoms with Crippen LogP contribution in [0.25, 0.3) is 60.5 Å². The molecule has 0 bridgehead atoms. The van der Waals surface area contributed by atoms with Crippen molar-refractivity contribution in [2.75, 3.05) is 4.90 Å². The maximum Gasteiger partial charge on any atom is 0.0562 e. The number of benzene rings is 8. The first-order valence-electron chi connectivity index (χ1n) is 16.4. The molecule has 1 aromatic heterocycles. The van der Waals surface area contributed by atoms with Gasteiger partial charge in [-0.2, -0.15) is 0 Å². The molecule has 0 radical (unpaired) electrons. The molecule has 0 unspecified atom stereocenters. The molecule has 0 aliphatic rings. The minimum atomic E-state index is 1.10. The lowest BCUT2D eigenvalue weighted by molar-refractivity contribution is 1.18. The number of para-hydroxylation sites is 3. The first-order chi connectivity index (χ1) is 23.8. The highest BCUT2D eigenvalue weighted by Gasteiger charge is 2.22. The molecular formula is C46H32N2. The molecule has 0 saturated heterocycles. The Morgan fingerprint density at radius 1 is 0.375 bits per heavy atom. The summed E-state index contributed by atoms with van der Waals surface area (Å²) in [4.78, 5) is 2.44. The zero-order valence-electron chi connectivity index (χ0n) is 26.4. The van der Waals surface area contributed by atoms with E-state index in [1.165, 1.54) is 54.8 Å². The second-order valence-electron chi connectivity index (χ2n) is 12.2. The summed E-state index contributed by atoms with van der Waals surface area (Å²) in [6, 6.07) is 69.9. The van der Waals surface area contributed by atoms with Crippen LogP contribution in [-0.2, 0) is 0 Å². The fourth-order valence-electron chi connectivity index (χ4n) is 7.15. The third-order valence-corrected chi connectivity index (χ3v) is 9.37. The Labute approximate surface area is 280 Å². The molecular weight excluding hydrogens is 581 g/mol. The third-order valence-electron chi connectivity index (χ3n) is 9.37. The molecule has 0 aliphatic heterocycles.